The van der Waals surface area contributed by atoms with Crippen molar-refractivity contribution in [1.82, 2.24) is 10.2 Å². The maximum atomic E-state index is 13.3. The Morgan fingerprint density at radius 3 is 2.70 bits per heavy atom. The average molecular weight is 460 g/mol. The summed E-state index contributed by atoms with van der Waals surface area (Å²) in [6, 6.07) is 5.02. The first kappa shape index (κ1) is 23.5. The van der Waals surface area contributed by atoms with E-state index in [9.17, 15) is 14.4 Å². The minimum absolute atomic E-state index is 0.0298. The molecule has 0 aromatic heterocycles. The summed E-state index contributed by atoms with van der Waals surface area (Å²) in [4.78, 5) is 39.6. The Morgan fingerprint density at radius 2 is 1.94 bits per heavy atom. The lowest BCUT2D eigenvalue weighted by atomic mass is 9.94. The number of hydrogen-bond acceptors (Lipinski definition) is 6. The third-order valence-electron chi connectivity index (χ3n) is 6.66. The molecule has 0 bridgehead atoms. The van der Waals surface area contributed by atoms with Crippen molar-refractivity contribution in [3.63, 3.8) is 0 Å². The van der Waals surface area contributed by atoms with Crippen LogP contribution in [0.2, 0.25) is 0 Å². The van der Waals surface area contributed by atoms with Gasteiger partial charge in [-0.25, -0.2) is 0 Å². The number of nitrogens with zero attached hydrogens (tertiary/aromatic N) is 1. The highest BCUT2D eigenvalue weighted by Gasteiger charge is 2.39. The van der Waals surface area contributed by atoms with Crippen molar-refractivity contribution in [2.24, 2.45) is 5.92 Å². The van der Waals surface area contributed by atoms with Gasteiger partial charge in [0.1, 0.15) is 18.5 Å². The fraction of sp³-hybridized carbons (Fsp3) is 0.625. The molecule has 1 aromatic rings. The van der Waals surface area contributed by atoms with Crippen LogP contribution >= 0.6 is 0 Å². The summed E-state index contributed by atoms with van der Waals surface area (Å²) < 4.78 is 17.5. The number of ether oxygens (including phenoxy) is 3. The van der Waals surface area contributed by atoms with Gasteiger partial charge >= 0.3 is 0 Å². The van der Waals surface area contributed by atoms with Gasteiger partial charge in [-0.2, -0.15) is 0 Å². The van der Waals surface area contributed by atoms with E-state index >= 15 is 0 Å². The van der Waals surface area contributed by atoms with E-state index in [0.717, 1.165) is 6.42 Å². The third-order valence-corrected chi connectivity index (χ3v) is 6.66. The molecule has 3 heterocycles. The van der Waals surface area contributed by atoms with Crippen molar-refractivity contribution in [2.45, 2.75) is 57.3 Å². The summed E-state index contributed by atoms with van der Waals surface area (Å²) in [5.74, 6) is 0.127. The van der Waals surface area contributed by atoms with Gasteiger partial charge < -0.3 is 29.7 Å². The molecule has 33 heavy (non-hydrogen) atoms. The molecule has 2 N–H and O–H groups in total. The number of likely N-dealkylation sites (N-methyl/N-ethyl adjacent to an activating group) is 1. The van der Waals surface area contributed by atoms with Crippen LogP contribution in [0.4, 0.5) is 5.69 Å². The van der Waals surface area contributed by atoms with Crippen molar-refractivity contribution >= 4 is 23.4 Å². The van der Waals surface area contributed by atoms with E-state index in [1.807, 2.05) is 6.92 Å². The van der Waals surface area contributed by atoms with E-state index in [-0.39, 0.29) is 48.5 Å². The molecule has 0 saturated carbocycles. The van der Waals surface area contributed by atoms with Crippen LogP contribution in [-0.2, 0) is 19.1 Å². The molecule has 2 saturated heterocycles. The topological polar surface area (TPSA) is 106 Å². The van der Waals surface area contributed by atoms with Crippen LogP contribution in [0, 0.1) is 5.92 Å². The second kappa shape index (κ2) is 10.5. The van der Waals surface area contributed by atoms with Crippen molar-refractivity contribution in [3.8, 4) is 5.75 Å². The Bertz CT molecular complexity index is 885. The highest BCUT2D eigenvalue weighted by molar-refractivity contribution is 6.00. The minimum atomic E-state index is -0.312. The van der Waals surface area contributed by atoms with Crippen LogP contribution in [0.1, 0.15) is 49.4 Å². The summed E-state index contributed by atoms with van der Waals surface area (Å²) in [5.41, 5.74) is 1.000. The number of nitrogens with one attached hydrogen (secondary N) is 2. The molecular formula is C24H33N3O6. The molecule has 3 amide bonds. The molecule has 0 radical (unpaired) electrons. The minimum Gasteiger partial charge on any atom is -0.490 e. The zero-order valence-corrected chi connectivity index (χ0v) is 19.3. The largest absolute Gasteiger partial charge is 0.490 e. The smallest absolute Gasteiger partial charge is 0.257 e. The van der Waals surface area contributed by atoms with Gasteiger partial charge in [0.25, 0.3) is 5.91 Å². The van der Waals surface area contributed by atoms with Gasteiger partial charge in [0.2, 0.25) is 11.8 Å². The van der Waals surface area contributed by atoms with Crippen molar-refractivity contribution in [2.75, 3.05) is 38.7 Å². The molecule has 0 spiro atoms. The van der Waals surface area contributed by atoms with Gasteiger partial charge in [0.05, 0.1) is 24.1 Å². The van der Waals surface area contributed by atoms with Gasteiger partial charge in [-0.15, -0.1) is 0 Å². The zero-order valence-electron chi connectivity index (χ0n) is 19.3. The summed E-state index contributed by atoms with van der Waals surface area (Å²) >= 11 is 0. The predicted octanol–water partition coefficient (Wildman–Crippen LogP) is 1.96. The maximum Gasteiger partial charge on any atom is 0.257 e. The molecular weight excluding hydrogens is 426 g/mol. The summed E-state index contributed by atoms with van der Waals surface area (Å²) in [6.07, 6.45) is 2.64. The number of hydrogen-bond donors (Lipinski definition) is 2. The van der Waals surface area contributed by atoms with E-state index in [0.29, 0.717) is 62.4 Å². The molecule has 2 fully saturated rings. The van der Waals surface area contributed by atoms with E-state index in [4.69, 9.17) is 14.2 Å². The molecule has 3 aliphatic rings. The fourth-order valence-electron chi connectivity index (χ4n) is 4.79. The van der Waals surface area contributed by atoms with Gasteiger partial charge in [-0.05, 0) is 50.8 Å². The molecule has 0 aliphatic carbocycles. The Morgan fingerprint density at radius 1 is 1.15 bits per heavy atom. The number of fused-ring (bicyclic) bond motifs is 2. The number of carbonyl (C=O) groups is 3. The fourth-order valence-corrected chi connectivity index (χ4v) is 4.79. The molecule has 1 aromatic carbocycles. The number of benzene rings is 1. The van der Waals surface area contributed by atoms with E-state index in [1.54, 1.807) is 30.1 Å². The Balaban J connectivity index is 1.46. The molecule has 9 nitrogen and oxygen atoms in total. The molecule has 0 unspecified atom stereocenters. The lowest BCUT2D eigenvalue weighted by Gasteiger charge is -2.42. The summed E-state index contributed by atoms with van der Waals surface area (Å²) in [6.45, 7) is 3.95. The lowest BCUT2D eigenvalue weighted by Crippen LogP contribution is -2.54. The average Bonchev–Trinajstić information content (AvgIpc) is 2.82. The Hall–Kier alpha value is -2.65. The maximum absolute atomic E-state index is 13.3. The SMILES string of the molecule is CCNC(=O)C[C@@H]1CC[C@@H]2[C@H](COc3ccc(NC(=O)C4CCOCC4)cc3C(=O)N2C)O1. The second-order valence-corrected chi connectivity index (χ2v) is 8.91. The van der Waals surface area contributed by atoms with Crippen LogP contribution in [0.15, 0.2) is 18.2 Å². The molecule has 3 aliphatic heterocycles. The van der Waals surface area contributed by atoms with Gasteiger partial charge in [0, 0.05) is 38.4 Å². The lowest BCUT2D eigenvalue weighted by molar-refractivity contribution is -0.134. The van der Waals surface area contributed by atoms with Crippen molar-refractivity contribution in [3.05, 3.63) is 23.8 Å². The van der Waals surface area contributed by atoms with E-state index in [2.05, 4.69) is 10.6 Å². The number of rotatable bonds is 5. The summed E-state index contributed by atoms with van der Waals surface area (Å²) in [7, 11) is 1.77. The van der Waals surface area contributed by atoms with Crippen LogP contribution in [0.25, 0.3) is 0 Å². The van der Waals surface area contributed by atoms with Crippen LogP contribution in [-0.4, -0.2) is 74.3 Å². The first-order valence-corrected chi connectivity index (χ1v) is 11.8. The Kier molecular flexibility index (Phi) is 7.49. The monoisotopic (exact) mass is 459 g/mol. The number of amides is 3. The van der Waals surface area contributed by atoms with Crippen LogP contribution in [0.3, 0.4) is 0 Å². The molecule has 4 rings (SSSR count). The van der Waals surface area contributed by atoms with E-state index in [1.165, 1.54) is 0 Å². The molecule has 9 heteroatoms. The van der Waals surface area contributed by atoms with Gasteiger partial charge in [-0.3, -0.25) is 14.4 Å². The van der Waals surface area contributed by atoms with Gasteiger partial charge in [-0.1, -0.05) is 0 Å². The van der Waals surface area contributed by atoms with Crippen LogP contribution in [0.5, 0.6) is 5.75 Å². The highest BCUT2D eigenvalue weighted by atomic mass is 16.5. The zero-order chi connectivity index (χ0) is 23.4. The number of anilines is 1. The Labute approximate surface area is 194 Å². The highest BCUT2D eigenvalue weighted by Crippen LogP contribution is 2.32. The number of carbonyl (C=O) groups excluding carboxylic acids is 3. The third kappa shape index (κ3) is 5.47. The van der Waals surface area contributed by atoms with Gasteiger partial charge in [0.15, 0.2) is 0 Å². The predicted molar refractivity (Wildman–Crippen MR) is 121 cm³/mol. The molecule has 180 valence electrons. The van der Waals surface area contributed by atoms with Crippen molar-refractivity contribution < 1.29 is 28.6 Å². The standard InChI is InChI=1S/C24H33N3O6/c1-3-25-22(28)13-17-5-6-19-21(33-17)14-32-20-7-4-16(12-18(20)24(30)27(19)2)26-23(29)15-8-10-31-11-9-15/h4,7,12,15,17,19,21H,3,5-6,8-11,13-14H2,1-2H3,(H,25,28)(H,26,29)/t17-,19+,21-/m0/s1. The second-order valence-electron chi connectivity index (χ2n) is 8.91. The summed E-state index contributed by atoms with van der Waals surface area (Å²) in [5, 5.41) is 5.75. The van der Waals surface area contributed by atoms with Crippen LogP contribution < -0.4 is 15.4 Å². The quantitative estimate of drug-likeness (QED) is 0.697. The van der Waals surface area contributed by atoms with E-state index < -0.39 is 0 Å². The normalized spacial score (nSPS) is 25.7. The molecule has 3 atom stereocenters. The first-order chi connectivity index (χ1) is 16.0. The first-order valence-electron chi connectivity index (χ1n) is 11.8. The van der Waals surface area contributed by atoms with Crippen molar-refractivity contribution in [1.29, 1.82) is 0 Å².